The van der Waals surface area contributed by atoms with E-state index in [-0.39, 0.29) is 6.04 Å². The lowest BCUT2D eigenvalue weighted by molar-refractivity contribution is 0.687. The number of fused-ring (bicyclic) bond motifs is 1. The molecule has 41 heavy (non-hydrogen) atoms. The Morgan fingerprint density at radius 2 is 1.37 bits per heavy atom. The van der Waals surface area contributed by atoms with Gasteiger partial charge in [0.15, 0.2) is 17.5 Å². The highest BCUT2D eigenvalue weighted by Crippen LogP contribution is 2.31. The summed E-state index contributed by atoms with van der Waals surface area (Å²) in [7, 11) is 0. The highest BCUT2D eigenvalue weighted by molar-refractivity contribution is 5.87. The summed E-state index contributed by atoms with van der Waals surface area (Å²) in [6, 6.07) is 35.9. The maximum Gasteiger partial charge on any atom is 0.182 e. The molecule has 7 rings (SSSR count). The fourth-order valence-corrected chi connectivity index (χ4v) is 5.21. The second-order valence-corrected chi connectivity index (χ2v) is 10.1. The van der Waals surface area contributed by atoms with Crippen molar-refractivity contribution < 1.29 is 0 Å². The quantitative estimate of drug-likeness (QED) is 0.244. The molecule has 6 aromatic rings. The van der Waals surface area contributed by atoms with E-state index in [4.69, 9.17) is 15.0 Å². The summed E-state index contributed by atoms with van der Waals surface area (Å²) < 4.78 is 0. The van der Waals surface area contributed by atoms with Gasteiger partial charge in [-0.25, -0.2) is 15.0 Å². The predicted octanol–water partition coefficient (Wildman–Crippen LogP) is 8.11. The van der Waals surface area contributed by atoms with Gasteiger partial charge >= 0.3 is 0 Å². The Hall–Kier alpha value is -5.42. The third-order valence-electron chi connectivity index (χ3n) is 7.37. The van der Waals surface area contributed by atoms with Gasteiger partial charge in [-0.1, -0.05) is 91.0 Å². The minimum Gasteiger partial charge on any atom is -0.378 e. The molecule has 4 aromatic carbocycles. The van der Waals surface area contributed by atoms with Gasteiger partial charge in [0.25, 0.3) is 0 Å². The van der Waals surface area contributed by atoms with Gasteiger partial charge in [0, 0.05) is 11.8 Å². The van der Waals surface area contributed by atoms with E-state index in [1.54, 1.807) is 6.20 Å². The van der Waals surface area contributed by atoms with Gasteiger partial charge in [-0.2, -0.15) is 0 Å². The van der Waals surface area contributed by atoms with Crippen LogP contribution in [-0.4, -0.2) is 19.9 Å². The van der Waals surface area contributed by atoms with Gasteiger partial charge in [0.1, 0.15) is 11.7 Å². The maximum absolute atomic E-state index is 4.87. The zero-order chi connectivity index (χ0) is 27.6. The zero-order valence-electron chi connectivity index (χ0n) is 22.6. The lowest BCUT2D eigenvalue weighted by Gasteiger charge is -2.16. The summed E-state index contributed by atoms with van der Waals surface area (Å²) in [5, 5.41) is 5.82. The molecule has 0 aliphatic carbocycles. The standard InChI is InChI=1S/C36H27N5/c1-24-22-30(34-39-35(32-10-4-6-20-37-32)41-36(40-34)33-11-5-7-21-38-33)18-19-31(24)27-15-12-26(13-16-27)29-17-14-25-8-2-3-9-28(25)23-29/h2-23,32,37H,1H3. The highest BCUT2D eigenvalue weighted by Gasteiger charge is 2.18. The first-order valence-electron chi connectivity index (χ1n) is 13.7. The molecule has 0 fully saturated rings. The molecule has 0 amide bonds. The minimum atomic E-state index is -0.134. The molecule has 0 spiro atoms. The summed E-state index contributed by atoms with van der Waals surface area (Å²) in [6.07, 6.45) is 9.64. The molecule has 5 nitrogen and oxygen atoms in total. The molecule has 1 atom stereocenters. The molecular formula is C36H27N5. The van der Waals surface area contributed by atoms with Crippen LogP contribution in [0.25, 0.3) is 55.9 Å². The smallest absolute Gasteiger partial charge is 0.182 e. The molecule has 1 N–H and O–H groups in total. The average Bonchev–Trinajstić information content (AvgIpc) is 3.05. The van der Waals surface area contributed by atoms with Crippen molar-refractivity contribution in [2.75, 3.05) is 0 Å². The number of benzene rings is 4. The number of rotatable bonds is 5. The summed E-state index contributed by atoms with van der Waals surface area (Å²) in [5.74, 6) is 1.84. The number of pyridine rings is 1. The first kappa shape index (κ1) is 24.6. The number of aryl methyl sites for hydroxylation is 1. The molecule has 1 unspecified atom stereocenters. The van der Waals surface area contributed by atoms with Crippen molar-refractivity contribution in [3.05, 3.63) is 145 Å². The van der Waals surface area contributed by atoms with Crippen molar-refractivity contribution in [1.29, 1.82) is 0 Å². The Bertz CT molecular complexity index is 1920. The largest absolute Gasteiger partial charge is 0.378 e. The summed E-state index contributed by atoms with van der Waals surface area (Å²) >= 11 is 0. The molecule has 196 valence electrons. The van der Waals surface area contributed by atoms with Crippen molar-refractivity contribution in [1.82, 2.24) is 25.3 Å². The number of hydrogen-bond donors (Lipinski definition) is 1. The van der Waals surface area contributed by atoms with Crippen molar-refractivity contribution in [3.8, 4) is 45.2 Å². The van der Waals surface area contributed by atoms with E-state index < -0.39 is 0 Å². The van der Waals surface area contributed by atoms with Crippen LogP contribution >= 0.6 is 0 Å². The SMILES string of the molecule is Cc1cc(-c2nc(-c3ccccn3)nc(C3C=CC=CN3)n2)ccc1-c1ccc(-c2ccc3ccccc3c2)cc1. The highest BCUT2D eigenvalue weighted by atomic mass is 15.1. The fourth-order valence-electron chi connectivity index (χ4n) is 5.21. The molecule has 0 saturated heterocycles. The lowest BCUT2D eigenvalue weighted by atomic mass is 9.95. The van der Waals surface area contributed by atoms with Crippen LogP contribution in [0.5, 0.6) is 0 Å². The molecule has 0 bridgehead atoms. The lowest BCUT2D eigenvalue weighted by Crippen LogP contribution is -2.19. The maximum atomic E-state index is 4.87. The van der Waals surface area contributed by atoms with Crippen molar-refractivity contribution in [3.63, 3.8) is 0 Å². The van der Waals surface area contributed by atoms with Crippen LogP contribution in [0.3, 0.4) is 0 Å². The first-order chi connectivity index (χ1) is 20.2. The van der Waals surface area contributed by atoms with E-state index in [1.807, 2.05) is 42.6 Å². The number of hydrogen-bond acceptors (Lipinski definition) is 5. The first-order valence-corrected chi connectivity index (χ1v) is 13.7. The van der Waals surface area contributed by atoms with Crippen molar-refractivity contribution in [2.24, 2.45) is 0 Å². The molecule has 3 heterocycles. The van der Waals surface area contributed by atoms with Crippen LogP contribution in [0.2, 0.25) is 0 Å². The van der Waals surface area contributed by atoms with Crippen molar-refractivity contribution in [2.45, 2.75) is 13.0 Å². The molecule has 2 aromatic heterocycles. The normalized spacial score (nSPS) is 14.2. The zero-order valence-corrected chi connectivity index (χ0v) is 22.6. The van der Waals surface area contributed by atoms with E-state index in [0.29, 0.717) is 23.2 Å². The Morgan fingerprint density at radius 1 is 0.610 bits per heavy atom. The van der Waals surface area contributed by atoms with Gasteiger partial charge in [0.05, 0.1) is 0 Å². The van der Waals surface area contributed by atoms with Gasteiger partial charge in [0.2, 0.25) is 0 Å². The van der Waals surface area contributed by atoms with E-state index in [2.05, 4.69) is 102 Å². The third kappa shape index (κ3) is 5.01. The van der Waals surface area contributed by atoms with Gasteiger partial charge < -0.3 is 5.32 Å². The van der Waals surface area contributed by atoms with Gasteiger partial charge in [-0.15, -0.1) is 0 Å². The fraction of sp³-hybridized carbons (Fsp3) is 0.0556. The average molecular weight is 530 g/mol. The number of aromatic nitrogens is 4. The van der Waals surface area contributed by atoms with E-state index in [1.165, 1.54) is 33.0 Å². The molecule has 0 radical (unpaired) electrons. The van der Waals surface area contributed by atoms with Gasteiger partial charge in [-0.05, 0) is 82.1 Å². The summed E-state index contributed by atoms with van der Waals surface area (Å²) in [5.41, 5.74) is 7.58. The van der Waals surface area contributed by atoms with Gasteiger partial charge in [-0.3, -0.25) is 4.98 Å². The van der Waals surface area contributed by atoms with Crippen molar-refractivity contribution >= 4 is 10.8 Å². The predicted molar refractivity (Wildman–Crippen MR) is 166 cm³/mol. The van der Waals surface area contributed by atoms with E-state index >= 15 is 0 Å². The van der Waals surface area contributed by atoms with Crippen LogP contribution < -0.4 is 5.32 Å². The Balaban J connectivity index is 1.22. The van der Waals surface area contributed by atoms with E-state index in [0.717, 1.165) is 11.1 Å². The van der Waals surface area contributed by atoms with Crippen LogP contribution in [0, 0.1) is 6.92 Å². The number of nitrogens with zero attached hydrogens (tertiary/aromatic N) is 4. The number of allylic oxidation sites excluding steroid dienone is 2. The van der Waals surface area contributed by atoms with E-state index in [9.17, 15) is 0 Å². The Kier molecular flexibility index (Phi) is 6.38. The van der Waals surface area contributed by atoms with Crippen LogP contribution in [0.4, 0.5) is 0 Å². The minimum absolute atomic E-state index is 0.134. The second kappa shape index (κ2) is 10.6. The molecule has 1 aliphatic rings. The molecular weight excluding hydrogens is 502 g/mol. The number of dihydropyridines is 1. The third-order valence-corrected chi connectivity index (χ3v) is 7.37. The summed E-state index contributed by atoms with van der Waals surface area (Å²) in [4.78, 5) is 18.9. The monoisotopic (exact) mass is 529 g/mol. The van der Waals surface area contributed by atoms with Crippen LogP contribution in [0.15, 0.2) is 134 Å². The van der Waals surface area contributed by atoms with Crippen LogP contribution in [-0.2, 0) is 0 Å². The molecule has 1 aliphatic heterocycles. The molecule has 0 saturated carbocycles. The van der Waals surface area contributed by atoms with Crippen LogP contribution in [0.1, 0.15) is 17.4 Å². The topological polar surface area (TPSA) is 63.6 Å². The second-order valence-electron chi connectivity index (χ2n) is 10.1. The number of nitrogens with one attached hydrogen (secondary N) is 1. The summed E-state index contributed by atoms with van der Waals surface area (Å²) in [6.45, 7) is 2.13. The molecule has 5 heteroatoms. The Labute approximate surface area is 239 Å². The Morgan fingerprint density at radius 3 is 2.15 bits per heavy atom.